The molecule has 1 unspecified atom stereocenters. The second-order valence-electron chi connectivity index (χ2n) is 13.0. The molecule has 5 heterocycles. The molecule has 0 N–H and O–H groups in total. The van der Waals surface area contributed by atoms with E-state index in [4.69, 9.17) is 4.98 Å². The molecule has 49 heavy (non-hydrogen) atoms. The Hall–Kier alpha value is -4.55. The average molecular weight is 850 g/mol. The van der Waals surface area contributed by atoms with Gasteiger partial charge in [0.25, 0.3) is 0 Å². The Labute approximate surface area is 301 Å². The number of fused-ring (bicyclic) bond motifs is 11. The van der Waals surface area contributed by atoms with E-state index >= 15 is 4.39 Å². The number of rotatable bonds is 3. The number of aromatic nitrogens is 4. The smallest absolute Gasteiger partial charge is 0.340 e. The van der Waals surface area contributed by atoms with Crippen LogP contribution in [0.15, 0.2) is 132 Å². The molecule has 238 valence electrons. The Morgan fingerprint density at radius 1 is 0.673 bits per heavy atom. The van der Waals surface area contributed by atoms with Crippen LogP contribution in [0, 0.1) is 12.1 Å². The van der Waals surface area contributed by atoms with Crippen LogP contribution >= 0.6 is 11.8 Å². The van der Waals surface area contributed by atoms with Gasteiger partial charge < -0.3 is 8.97 Å². The van der Waals surface area contributed by atoms with E-state index in [0.717, 1.165) is 54.9 Å². The van der Waals surface area contributed by atoms with Crippen LogP contribution in [0.3, 0.4) is 0 Å². The molecule has 0 bridgehead atoms. The molecular weight excluding hydrogens is 823 g/mol. The first-order chi connectivity index (χ1) is 23.5. The minimum atomic E-state index is -1.93. The minimum Gasteiger partial charge on any atom is -0.340 e. The fourth-order valence-electron chi connectivity index (χ4n) is 7.59. The van der Waals surface area contributed by atoms with E-state index in [-0.39, 0.29) is 21.1 Å². The predicted molar refractivity (Wildman–Crippen MR) is 197 cm³/mol. The molecule has 0 fully saturated rings. The summed E-state index contributed by atoms with van der Waals surface area (Å²) in [5.41, 5.74) is 5.37. The molecule has 0 radical (unpaired) electrons. The molecule has 1 aliphatic rings. The van der Waals surface area contributed by atoms with Gasteiger partial charge in [0.2, 0.25) is 0 Å². The maximum Gasteiger partial charge on any atom is 2.00 e. The topological polar surface area (TPSA) is 35.1 Å². The summed E-state index contributed by atoms with van der Waals surface area (Å²) in [5, 5.41) is 8.05. The monoisotopic (exact) mass is 849 g/mol. The zero-order valence-corrected chi connectivity index (χ0v) is 30.6. The third-order valence-corrected chi connectivity index (χ3v) is 15.0. The second kappa shape index (κ2) is 11.2. The Morgan fingerprint density at radius 2 is 1.47 bits per heavy atom. The summed E-state index contributed by atoms with van der Waals surface area (Å²) < 4.78 is 20.8. The largest absolute Gasteiger partial charge is 2.00 e. The molecule has 5 aromatic carbocycles. The van der Waals surface area contributed by atoms with Crippen LogP contribution in [-0.2, 0) is 21.1 Å². The summed E-state index contributed by atoms with van der Waals surface area (Å²) in [4.78, 5) is 12.1. The van der Waals surface area contributed by atoms with Crippen LogP contribution in [0.4, 0.5) is 4.39 Å². The molecule has 10 rings (SSSR count). The fourth-order valence-corrected chi connectivity index (χ4v) is 13.0. The number of halogens is 1. The van der Waals surface area contributed by atoms with E-state index in [1.165, 1.54) is 20.2 Å². The van der Waals surface area contributed by atoms with Crippen LogP contribution < -0.4 is 10.4 Å². The van der Waals surface area contributed by atoms with E-state index in [1.54, 1.807) is 6.20 Å². The molecule has 1 atom stereocenters. The summed E-state index contributed by atoms with van der Waals surface area (Å²) in [6, 6.07) is 42.3. The van der Waals surface area contributed by atoms with Gasteiger partial charge in [-0.3, -0.25) is 4.98 Å². The molecule has 0 aliphatic carbocycles. The van der Waals surface area contributed by atoms with E-state index < -0.39 is 14.2 Å². The van der Waals surface area contributed by atoms with Crippen molar-refractivity contribution in [2.75, 3.05) is 0 Å². The van der Waals surface area contributed by atoms with Crippen molar-refractivity contribution in [2.24, 2.45) is 0 Å². The summed E-state index contributed by atoms with van der Waals surface area (Å²) in [6.45, 7) is 4.88. The number of benzene rings is 5. The van der Waals surface area contributed by atoms with Gasteiger partial charge in [-0.15, -0.1) is 29.8 Å². The number of nitrogens with zero attached hydrogens (tertiary/aromatic N) is 4. The summed E-state index contributed by atoms with van der Waals surface area (Å²) in [7, 11) is -1.93. The number of hydrogen-bond acceptors (Lipinski definition) is 3. The third-order valence-electron chi connectivity index (χ3n) is 9.96. The van der Waals surface area contributed by atoms with Crippen molar-refractivity contribution in [3.63, 3.8) is 0 Å². The Balaban J connectivity index is 0.00000325. The number of pyridine rings is 2. The van der Waals surface area contributed by atoms with Crippen LogP contribution in [0.1, 0.15) is 17.3 Å². The van der Waals surface area contributed by atoms with Crippen LogP contribution in [0.5, 0.6) is 0 Å². The first kappa shape index (κ1) is 30.5. The van der Waals surface area contributed by atoms with Crippen LogP contribution in [0.25, 0.3) is 54.9 Å². The summed E-state index contributed by atoms with van der Waals surface area (Å²) in [6.07, 6.45) is 4.12. The van der Waals surface area contributed by atoms with Gasteiger partial charge in [0, 0.05) is 44.7 Å². The first-order valence-electron chi connectivity index (χ1n) is 16.0. The number of alkyl halides is 1. The van der Waals surface area contributed by atoms with Crippen molar-refractivity contribution < 1.29 is 25.5 Å². The average Bonchev–Trinajstić information content (AvgIpc) is 3.74. The van der Waals surface area contributed by atoms with Gasteiger partial charge in [0.1, 0.15) is 19.9 Å². The number of para-hydroxylation sites is 1. The van der Waals surface area contributed by atoms with Gasteiger partial charge in [0.15, 0.2) is 0 Å². The van der Waals surface area contributed by atoms with Crippen molar-refractivity contribution in [3.8, 4) is 5.69 Å². The van der Waals surface area contributed by atoms with Crippen molar-refractivity contribution >= 4 is 79.5 Å². The fraction of sp³-hybridized carbons (Fsp3) is 0.0732. The van der Waals surface area contributed by atoms with E-state index in [9.17, 15) is 0 Å². The maximum atomic E-state index is 16.6. The minimum absolute atomic E-state index is 0. The molecule has 0 spiro atoms. The predicted octanol–water partition coefficient (Wildman–Crippen LogP) is 9.08. The van der Waals surface area contributed by atoms with Gasteiger partial charge in [-0.05, 0) is 46.1 Å². The standard InChI is InChI=1S/C41H27FN4SSi.Pt/c1-48(2)37-15-6-5-14-35(37)47-36-24-34-31(23-38(36)48)30-12-8-18-43-41(30)46(34)27-10-7-9-25(21-27)39(42)26-16-17-28-29-11-3-4-13-33(29)45-20-19-44-40(45)32(28)22-26;/h3-20,23-24,39H,1-2H3;/q-2;+2. The van der Waals surface area contributed by atoms with Crippen molar-refractivity contribution in [2.45, 2.75) is 29.1 Å². The summed E-state index contributed by atoms with van der Waals surface area (Å²) in [5.74, 6) is 0. The Kier molecular flexibility index (Phi) is 7.00. The van der Waals surface area contributed by atoms with E-state index in [0.29, 0.717) is 11.1 Å². The zero-order chi connectivity index (χ0) is 32.1. The Bertz CT molecular complexity index is 2790. The third kappa shape index (κ3) is 4.45. The van der Waals surface area contributed by atoms with Crippen molar-refractivity contribution in [3.05, 3.63) is 145 Å². The van der Waals surface area contributed by atoms with Gasteiger partial charge in [0.05, 0.1) is 11.2 Å². The molecule has 0 saturated heterocycles. The SMILES string of the molecule is C[Si]1(C)c2ccccc2Sc2cc3c(cc21)c1cccnc1n3-c1[c-]c(C(F)c2[c-]c3c(cc2)c2ccccc2n2ccnc32)ccc1.[Pt+2]. The molecule has 4 aromatic heterocycles. The van der Waals surface area contributed by atoms with Gasteiger partial charge in [-0.2, -0.15) is 18.2 Å². The molecule has 4 nitrogen and oxygen atoms in total. The normalized spacial score (nSPS) is 14.3. The summed E-state index contributed by atoms with van der Waals surface area (Å²) >= 11 is 1.84. The quantitative estimate of drug-likeness (QED) is 0.101. The number of hydrogen-bond donors (Lipinski definition) is 0. The molecule has 0 saturated carbocycles. The first-order valence-corrected chi connectivity index (χ1v) is 19.9. The van der Waals surface area contributed by atoms with Crippen LogP contribution in [-0.4, -0.2) is 27.0 Å². The van der Waals surface area contributed by atoms with Crippen molar-refractivity contribution in [1.29, 1.82) is 0 Å². The Morgan fingerprint density at radius 3 is 2.39 bits per heavy atom. The van der Waals surface area contributed by atoms with Gasteiger partial charge in [-0.25, -0.2) is 9.37 Å². The molecule has 0 amide bonds. The van der Waals surface area contributed by atoms with E-state index in [1.807, 2.05) is 77.1 Å². The molecule has 8 heteroatoms. The number of imidazole rings is 1. The van der Waals surface area contributed by atoms with Gasteiger partial charge in [-0.1, -0.05) is 89.3 Å². The van der Waals surface area contributed by atoms with Gasteiger partial charge >= 0.3 is 21.1 Å². The second-order valence-corrected chi connectivity index (χ2v) is 18.4. The zero-order valence-electron chi connectivity index (χ0n) is 26.5. The molecule has 9 aromatic rings. The van der Waals surface area contributed by atoms with Crippen LogP contribution in [0.2, 0.25) is 13.1 Å². The van der Waals surface area contributed by atoms with E-state index in [2.05, 4.69) is 89.4 Å². The van der Waals surface area contributed by atoms with Crippen molar-refractivity contribution in [1.82, 2.24) is 18.9 Å². The molecule has 1 aliphatic heterocycles. The molecular formula is C41H27FN4PtSSi. The maximum absolute atomic E-state index is 16.6.